The van der Waals surface area contributed by atoms with Crippen LogP contribution < -0.4 is 5.46 Å². The summed E-state index contributed by atoms with van der Waals surface area (Å²) in [6, 6.07) is 4.31. The van der Waals surface area contributed by atoms with E-state index >= 15 is 0 Å². The molecule has 0 unspecified atom stereocenters. The minimum Gasteiger partial charge on any atom is -0.399 e. The third kappa shape index (κ3) is 2.85. The van der Waals surface area contributed by atoms with E-state index < -0.39 is 0 Å². The van der Waals surface area contributed by atoms with Crippen LogP contribution in [-0.4, -0.2) is 18.3 Å². The lowest BCUT2D eigenvalue weighted by molar-refractivity contribution is 0.00578. The highest BCUT2D eigenvalue weighted by atomic mass is 127. The van der Waals surface area contributed by atoms with Crippen molar-refractivity contribution in [1.82, 2.24) is 0 Å². The van der Waals surface area contributed by atoms with E-state index in [9.17, 15) is 0 Å². The highest BCUT2D eigenvalue weighted by Crippen LogP contribution is 2.37. The van der Waals surface area contributed by atoms with Gasteiger partial charge in [0.05, 0.1) is 11.2 Å². The molecule has 2 rings (SSSR count). The van der Waals surface area contributed by atoms with Crippen molar-refractivity contribution >= 4 is 47.8 Å². The highest BCUT2D eigenvalue weighted by Gasteiger charge is 2.52. The Hall–Kier alpha value is 0.285. The van der Waals surface area contributed by atoms with Gasteiger partial charge >= 0.3 is 7.12 Å². The first-order chi connectivity index (χ1) is 8.68. The Morgan fingerprint density at radius 3 is 2.16 bits per heavy atom. The molecule has 0 bridgehead atoms. The van der Waals surface area contributed by atoms with Crippen LogP contribution >= 0.6 is 35.2 Å². The molecule has 1 fully saturated rings. The summed E-state index contributed by atoms with van der Waals surface area (Å²) in [5.74, 6) is 0.725. The Bertz CT molecular complexity index is 486. The van der Waals surface area contributed by atoms with E-state index in [0.29, 0.717) is 0 Å². The van der Waals surface area contributed by atoms with Crippen molar-refractivity contribution < 1.29 is 9.31 Å². The monoisotopic (exact) mass is 390 g/mol. The zero-order valence-corrected chi connectivity index (χ0v) is 15.1. The number of thiol groups is 1. The van der Waals surface area contributed by atoms with Gasteiger partial charge in [-0.1, -0.05) is 6.07 Å². The lowest BCUT2D eigenvalue weighted by Crippen LogP contribution is -2.41. The fraction of sp³-hybridized carbons (Fsp3) is 0.571. The summed E-state index contributed by atoms with van der Waals surface area (Å²) < 4.78 is 13.5. The number of hydrogen-bond acceptors (Lipinski definition) is 3. The Kier molecular flexibility index (Phi) is 4.32. The fourth-order valence-electron chi connectivity index (χ4n) is 2.06. The maximum Gasteiger partial charge on any atom is 0.495 e. The molecule has 1 heterocycles. The van der Waals surface area contributed by atoms with Crippen LogP contribution in [0, 0.1) is 10.5 Å². The summed E-state index contributed by atoms with van der Waals surface area (Å²) in [7, 11) is -0.293. The lowest BCUT2D eigenvalue weighted by atomic mass is 9.75. The third-order valence-electron chi connectivity index (χ3n) is 4.13. The molecular formula is C14H20BIO2S. The van der Waals surface area contributed by atoms with Crippen LogP contribution in [0.2, 0.25) is 0 Å². The van der Waals surface area contributed by atoms with Gasteiger partial charge < -0.3 is 9.31 Å². The molecule has 2 nitrogen and oxygen atoms in total. The van der Waals surface area contributed by atoms with Crippen molar-refractivity contribution in [3.05, 3.63) is 26.8 Å². The van der Waals surface area contributed by atoms with Gasteiger partial charge in [-0.25, -0.2) is 0 Å². The van der Waals surface area contributed by atoms with Crippen molar-refractivity contribution in [2.45, 2.75) is 51.6 Å². The van der Waals surface area contributed by atoms with Crippen LogP contribution in [0.3, 0.4) is 0 Å². The van der Waals surface area contributed by atoms with E-state index in [1.165, 1.54) is 14.7 Å². The number of rotatable bonds is 2. The Labute approximate surface area is 135 Å². The molecule has 0 spiro atoms. The molecule has 0 atom stereocenters. The first-order valence-electron chi connectivity index (χ1n) is 6.43. The van der Waals surface area contributed by atoms with Crippen LogP contribution in [0.15, 0.2) is 12.1 Å². The molecule has 5 heteroatoms. The molecule has 1 aliphatic rings. The largest absolute Gasteiger partial charge is 0.495 e. The van der Waals surface area contributed by atoms with Gasteiger partial charge in [-0.3, -0.25) is 0 Å². The Morgan fingerprint density at radius 2 is 1.68 bits per heavy atom. The molecular weight excluding hydrogens is 370 g/mol. The molecule has 0 N–H and O–H groups in total. The van der Waals surface area contributed by atoms with E-state index in [2.05, 4.69) is 82.0 Å². The molecule has 0 radical (unpaired) electrons. The fourth-order valence-corrected chi connectivity index (χ4v) is 2.96. The van der Waals surface area contributed by atoms with Crippen molar-refractivity contribution in [1.29, 1.82) is 0 Å². The molecule has 1 saturated heterocycles. The van der Waals surface area contributed by atoms with Gasteiger partial charge in [-0.15, -0.1) is 0 Å². The summed E-state index contributed by atoms with van der Waals surface area (Å²) in [6.07, 6.45) is 0. The van der Waals surface area contributed by atoms with Crippen molar-refractivity contribution in [3.63, 3.8) is 0 Å². The van der Waals surface area contributed by atoms with Crippen LogP contribution in [0.25, 0.3) is 0 Å². The van der Waals surface area contributed by atoms with E-state index in [1.54, 1.807) is 0 Å². The molecule has 0 aliphatic carbocycles. The minimum atomic E-state index is -0.299. The molecule has 0 amide bonds. The van der Waals surface area contributed by atoms with Gasteiger partial charge in [-0.05, 0) is 79.9 Å². The normalized spacial score (nSPS) is 20.9. The van der Waals surface area contributed by atoms with Crippen molar-refractivity contribution in [2.75, 3.05) is 0 Å². The van der Waals surface area contributed by atoms with Crippen molar-refractivity contribution in [2.24, 2.45) is 0 Å². The second-order valence-corrected chi connectivity index (χ2v) is 7.52. The number of hydrogen-bond donors (Lipinski definition) is 1. The highest BCUT2D eigenvalue weighted by molar-refractivity contribution is 14.1. The van der Waals surface area contributed by atoms with Crippen LogP contribution in [-0.2, 0) is 15.1 Å². The third-order valence-corrected chi connectivity index (χ3v) is 5.62. The van der Waals surface area contributed by atoms with E-state index in [1.807, 2.05) is 0 Å². The minimum absolute atomic E-state index is 0.293. The maximum atomic E-state index is 6.13. The van der Waals surface area contributed by atoms with E-state index in [4.69, 9.17) is 9.31 Å². The zero-order chi connectivity index (χ0) is 14.4. The zero-order valence-electron chi connectivity index (χ0n) is 12.1. The summed E-state index contributed by atoms with van der Waals surface area (Å²) in [4.78, 5) is 0. The summed E-state index contributed by atoms with van der Waals surface area (Å²) in [5.41, 5.74) is 2.95. The summed E-state index contributed by atoms with van der Waals surface area (Å²) >= 11 is 6.72. The van der Waals surface area contributed by atoms with Gasteiger partial charge in [0.1, 0.15) is 0 Å². The second-order valence-electron chi connectivity index (χ2n) is 6.04. The van der Waals surface area contributed by atoms with Crippen LogP contribution in [0.4, 0.5) is 0 Å². The van der Waals surface area contributed by atoms with Crippen LogP contribution in [0.5, 0.6) is 0 Å². The van der Waals surface area contributed by atoms with Gasteiger partial charge in [0.25, 0.3) is 0 Å². The summed E-state index contributed by atoms with van der Waals surface area (Å²) in [5, 5.41) is 0. The van der Waals surface area contributed by atoms with E-state index in [0.717, 1.165) is 11.2 Å². The van der Waals surface area contributed by atoms with Gasteiger partial charge in [0.15, 0.2) is 0 Å². The molecule has 1 aromatic carbocycles. The molecule has 0 aromatic heterocycles. The number of halogens is 1. The Balaban J connectivity index is 2.42. The van der Waals surface area contributed by atoms with Gasteiger partial charge in [0.2, 0.25) is 0 Å². The predicted octanol–water partition coefficient (Wildman–Crippen LogP) is 3.33. The average molecular weight is 390 g/mol. The van der Waals surface area contributed by atoms with Gasteiger partial charge in [-0.2, -0.15) is 12.6 Å². The second kappa shape index (κ2) is 5.24. The molecule has 19 heavy (non-hydrogen) atoms. The van der Waals surface area contributed by atoms with E-state index in [-0.39, 0.29) is 18.3 Å². The molecule has 0 saturated carbocycles. The summed E-state index contributed by atoms with van der Waals surface area (Å²) in [6.45, 7) is 10.4. The SMILES string of the molecule is Cc1c(I)cc(CS)cc1B1OC(C)(C)C(C)(C)O1. The quantitative estimate of drug-likeness (QED) is 0.475. The molecule has 104 valence electrons. The maximum absolute atomic E-state index is 6.13. The smallest absolute Gasteiger partial charge is 0.399 e. The topological polar surface area (TPSA) is 18.5 Å². The first-order valence-corrected chi connectivity index (χ1v) is 8.14. The first kappa shape index (κ1) is 15.7. The van der Waals surface area contributed by atoms with Crippen LogP contribution in [0.1, 0.15) is 38.8 Å². The number of benzene rings is 1. The average Bonchev–Trinajstić information content (AvgIpc) is 2.51. The molecule has 1 aromatic rings. The standard InChI is InChI=1S/C14H20BIO2S/c1-9-11(6-10(8-19)7-12(9)16)15-17-13(2,3)14(4,5)18-15/h6-7,19H,8H2,1-5H3. The molecule has 1 aliphatic heterocycles. The van der Waals surface area contributed by atoms with Crippen molar-refractivity contribution in [3.8, 4) is 0 Å². The Morgan fingerprint density at radius 1 is 1.16 bits per heavy atom. The predicted molar refractivity (Wildman–Crippen MR) is 92.3 cm³/mol. The van der Waals surface area contributed by atoms with Gasteiger partial charge in [0, 0.05) is 9.32 Å². The lowest BCUT2D eigenvalue weighted by Gasteiger charge is -2.32.